The normalized spacial score (nSPS) is 19.3. The molecule has 11 heteroatoms. The van der Waals surface area contributed by atoms with Crippen LogP contribution in [0.25, 0.3) is 16.6 Å². The maximum Gasteiger partial charge on any atom is 0.223 e. The zero-order valence-electron chi connectivity index (χ0n) is 19.7. The number of nitrogens with zero attached hydrogens (tertiary/aromatic N) is 7. The van der Waals surface area contributed by atoms with Crippen molar-refractivity contribution in [1.82, 2.24) is 29.4 Å². The molecule has 1 aliphatic heterocycles. The van der Waals surface area contributed by atoms with Crippen molar-refractivity contribution in [3.05, 3.63) is 36.2 Å². The molecule has 0 spiro atoms. The number of methoxy groups -OCH3 is 1. The van der Waals surface area contributed by atoms with Crippen LogP contribution < -0.4 is 15.4 Å². The molecule has 10 nitrogen and oxygen atoms in total. The third-order valence-electron chi connectivity index (χ3n) is 6.33. The summed E-state index contributed by atoms with van der Waals surface area (Å²) in [7, 11) is 1.41. The molecule has 0 amide bonds. The third kappa shape index (κ3) is 4.00. The second-order valence-corrected chi connectivity index (χ2v) is 9.66. The van der Waals surface area contributed by atoms with Gasteiger partial charge in [-0.1, -0.05) is 0 Å². The summed E-state index contributed by atoms with van der Waals surface area (Å²) in [5.41, 5.74) is 7.28. The Morgan fingerprint density at radius 1 is 1.26 bits per heavy atom. The van der Waals surface area contributed by atoms with Crippen LogP contribution in [-0.2, 0) is 6.54 Å². The summed E-state index contributed by atoms with van der Waals surface area (Å²) in [5, 5.41) is 19.7. The van der Waals surface area contributed by atoms with Crippen LogP contribution >= 0.6 is 0 Å². The molecule has 1 aliphatic rings. The molecule has 180 valence electrons. The van der Waals surface area contributed by atoms with Crippen molar-refractivity contribution in [3.8, 4) is 5.75 Å². The molecule has 4 aromatic rings. The molecule has 4 heterocycles. The molecular formula is C23H29FN8O2. The number of rotatable bonds is 5. The summed E-state index contributed by atoms with van der Waals surface area (Å²) >= 11 is 0. The number of aromatic nitrogens is 6. The van der Waals surface area contributed by atoms with E-state index in [1.165, 1.54) is 23.8 Å². The summed E-state index contributed by atoms with van der Waals surface area (Å²) in [6.07, 6.45) is 5.66. The van der Waals surface area contributed by atoms with E-state index in [1.54, 1.807) is 18.5 Å². The largest absolute Gasteiger partial charge is 0.494 e. The lowest BCUT2D eigenvalue weighted by Crippen LogP contribution is -2.41. The molecule has 0 bridgehead atoms. The first-order valence-electron chi connectivity index (χ1n) is 11.3. The van der Waals surface area contributed by atoms with Crippen LogP contribution in [0.2, 0.25) is 0 Å². The van der Waals surface area contributed by atoms with Gasteiger partial charge in [-0.25, -0.2) is 14.4 Å². The van der Waals surface area contributed by atoms with E-state index < -0.39 is 11.4 Å². The minimum Gasteiger partial charge on any atom is -0.494 e. The van der Waals surface area contributed by atoms with Crippen molar-refractivity contribution in [2.75, 3.05) is 24.3 Å². The molecule has 3 N–H and O–H groups in total. The first-order chi connectivity index (χ1) is 16.1. The number of aliphatic hydroxyl groups is 1. The van der Waals surface area contributed by atoms with Crippen molar-refractivity contribution in [2.24, 2.45) is 0 Å². The van der Waals surface area contributed by atoms with Gasteiger partial charge < -0.3 is 20.5 Å². The molecule has 0 radical (unpaired) electrons. The summed E-state index contributed by atoms with van der Waals surface area (Å²) < 4.78 is 22.7. The van der Waals surface area contributed by atoms with Gasteiger partial charge in [0.25, 0.3) is 0 Å². The Labute approximate surface area is 196 Å². The van der Waals surface area contributed by atoms with E-state index in [4.69, 9.17) is 15.5 Å². The van der Waals surface area contributed by atoms with Crippen molar-refractivity contribution in [3.63, 3.8) is 0 Å². The predicted octanol–water partition coefficient (Wildman–Crippen LogP) is 2.75. The van der Waals surface area contributed by atoms with Gasteiger partial charge >= 0.3 is 0 Å². The second-order valence-electron chi connectivity index (χ2n) is 9.66. The molecule has 34 heavy (non-hydrogen) atoms. The Morgan fingerprint density at radius 3 is 2.79 bits per heavy atom. The van der Waals surface area contributed by atoms with Gasteiger partial charge in [-0.2, -0.15) is 9.61 Å². The van der Waals surface area contributed by atoms with Crippen molar-refractivity contribution in [2.45, 2.75) is 57.7 Å². The topological polar surface area (TPSA) is 120 Å². The van der Waals surface area contributed by atoms with Gasteiger partial charge in [-0.05, 0) is 39.7 Å². The molecular weight excluding hydrogens is 439 g/mol. The standard InChI is InChI=1S/C23H29FN8O2/c1-13-5-6-14(10-31(13)15-9-26-30(11-15)12-23(2,3)33)20-28-21-16-7-17(24)19(34-4)8-18(16)27-22(25)32(21)29-20/h7-9,11,13-14,33H,5-6,10,12H2,1-4H3,(H2,25,27)/t13-,14+/m1/s1. The van der Waals surface area contributed by atoms with Gasteiger partial charge in [0, 0.05) is 36.2 Å². The van der Waals surface area contributed by atoms with E-state index in [-0.39, 0.29) is 17.6 Å². The van der Waals surface area contributed by atoms with E-state index >= 15 is 0 Å². The SMILES string of the molecule is COc1cc2nc(N)n3nc([C@H]4CC[C@@H](C)N(c5cnn(CC(C)(C)O)c5)C4)nc3c2cc1F. The fourth-order valence-corrected chi connectivity index (χ4v) is 4.64. The van der Waals surface area contributed by atoms with Crippen LogP contribution in [0.4, 0.5) is 16.0 Å². The number of fused-ring (bicyclic) bond motifs is 3. The van der Waals surface area contributed by atoms with Crippen molar-refractivity contribution >= 4 is 28.2 Å². The zero-order valence-corrected chi connectivity index (χ0v) is 19.7. The van der Waals surface area contributed by atoms with Gasteiger partial charge in [0.05, 0.1) is 36.7 Å². The van der Waals surface area contributed by atoms with Gasteiger partial charge in [0.15, 0.2) is 23.0 Å². The van der Waals surface area contributed by atoms with E-state index in [1.807, 2.05) is 12.4 Å². The number of benzene rings is 1. The second kappa shape index (κ2) is 8.08. The van der Waals surface area contributed by atoms with E-state index in [0.717, 1.165) is 18.5 Å². The van der Waals surface area contributed by atoms with Crippen LogP contribution in [0.15, 0.2) is 24.5 Å². The van der Waals surface area contributed by atoms with Gasteiger partial charge in [-0.3, -0.25) is 4.68 Å². The summed E-state index contributed by atoms with van der Waals surface area (Å²) in [6.45, 7) is 6.82. The Bertz CT molecular complexity index is 1360. The summed E-state index contributed by atoms with van der Waals surface area (Å²) in [5.74, 6) is 0.507. The van der Waals surface area contributed by atoms with Gasteiger partial charge in [0.1, 0.15) is 0 Å². The molecule has 5 rings (SSSR count). The van der Waals surface area contributed by atoms with E-state index in [0.29, 0.717) is 41.5 Å². The molecule has 1 aromatic carbocycles. The van der Waals surface area contributed by atoms with E-state index in [2.05, 4.69) is 27.0 Å². The summed E-state index contributed by atoms with van der Waals surface area (Å²) in [4.78, 5) is 11.4. The average molecular weight is 469 g/mol. The number of hydrogen-bond acceptors (Lipinski definition) is 8. The smallest absolute Gasteiger partial charge is 0.223 e. The number of piperidine rings is 1. The molecule has 0 saturated carbocycles. The quantitative estimate of drug-likeness (QED) is 0.459. The van der Waals surface area contributed by atoms with Crippen LogP contribution in [0.5, 0.6) is 5.75 Å². The molecule has 0 aliphatic carbocycles. The first kappa shape index (κ1) is 22.3. The Morgan fingerprint density at radius 2 is 2.06 bits per heavy atom. The van der Waals surface area contributed by atoms with E-state index in [9.17, 15) is 9.50 Å². The maximum atomic E-state index is 14.4. The highest BCUT2D eigenvalue weighted by Gasteiger charge is 2.31. The third-order valence-corrected chi connectivity index (χ3v) is 6.33. The number of nitrogen functional groups attached to an aromatic ring is 1. The average Bonchev–Trinajstić information content (AvgIpc) is 3.41. The first-order valence-corrected chi connectivity index (χ1v) is 11.3. The monoisotopic (exact) mass is 468 g/mol. The molecule has 1 fully saturated rings. The number of halogens is 1. The molecule has 3 aromatic heterocycles. The fraction of sp³-hybridized carbons (Fsp3) is 0.478. The number of ether oxygens (including phenoxy) is 1. The zero-order chi connectivity index (χ0) is 24.2. The molecule has 1 saturated heterocycles. The van der Waals surface area contributed by atoms with Crippen LogP contribution in [0.1, 0.15) is 45.4 Å². The maximum absolute atomic E-state index is 14.4. The number of nitrogens with two attached hydrogens (primary N) is 1. The minimum absolute atomic E-state index is 0.0614. The van der Waals surface area contributed by atoms with Crippen LogP contribution in [-0.4, -0.2) is 59.8 Å². The summed E-state index contributed by atoms with van der Waals surface area (Å²) in [6, 6.07) is 3.20. The highest BCUT2D eigenvalue weighted by Crippen LogP contribution is 2.34. The highest BCUT2D eigenvalue weighted by molar-refractivity contribution is 5.93. The fourth-order valence-electron chi connectivity index (χ4n) is 4.64. The molecule has 2 atom stereocenters. The number of anilines is 2. The van der Waals surface area contributed by atoms with Gasteiger partial charge in [0.2, 0.25) is 5.95 Å². The minimum atomic E-state index is -0.847. The Hall–Kier alpha value is -3.47. The van der Waals surface area contributed by atoms with Crippen molar-refractivity contribution < 1.29 is 14.2 Å². The lowest BCUT2D eigenvalue weighted by Gasteiger charge is -2.37. The molecule has 0 unspecified atom stereocenters. The predicted molar refractivity (Wildman–Crippen MR) is 127 cm³/mol. The lowest BCUT2D eigenvalue weighted by molar-refractivity contribution is 0.0577. The number of hydrogen-bond donors (Lipinski definition) is 2. The van der Waals surface area contributed by atoms with Crippen LogP contribution in [0, 0.1) is 5.82 Å². The Balaban J connectivity index is 1.48. The highest BCUT2D eigenvalue weighted by atomic mass is 19.1. The Kier molecular flexibility index (Phi) is 5.31. The van der Waals surface area contributed by atoms with Crippen LogP contribution in [0.3, 0.4) is 0 Å². The lowest BCUT2D eigenvalue weighted by atomic mass is 9.92. The van der Waals surface area contributed by atoms with Gasteiger partial charge in [-0.15, -0.1) is 5.10 Å². The van der Waals surface area contributed by atoms with Crippen molar-refractivity contribution in [1.29, 1.82) is 0 Å².